The summed E-state index contributed by atoms with van der Waals surface area (Å²) >= 11 is 0. The number of fused-ring (bicyclic) bond motifs is 1. The van der Waals surface area contributed by atoms with E-state index in [2.05, 4.69) is 15.0 Å². The number of nitrogens with two attached hydrogens (primary N) is 1. The number of aromatic nitrogens is 4. The third-order valence-corrected chi connectivity index (χ3v) is 3.41. The van der Waals surface area contributed by atoms with Gasteiger partial charge in [0.15, 0.2) is 17.7 Å². The molecule has 2 aromatic heterocycles. The predicted molar refractivity (Wildman–Crippen MR) is 67.3 cm³/mol. The van der Waals surface area contributed by atoms with E-state index in [4.69, 9.17) is 10.5 Å². The lowest BCUT2D eigenvalue weighted by atomic mass is 10.1. The minimum absolute atomic E-state index is 0.217. The maximum absolute atomic E-state index is 10.1. The molecule has 0 radical (unpaired) electrons. The molecule has 1 unspecified atom stereocenters. The van der Waals surface area contributed by atoms with E-state index in [1.54, 1.807) is 0 Å². The maximum atomic E-state index is 10.1. The molecule has 3 rings (SSSR count). The highest BCUT2D eigenvalue weighted by atomic mass is 16.6. The van der Waals surface area contributed by atoms with Gasteiger partial charge in [0.1, 0.15) is 30.2 Å². The van der Waals surface area contributed by atoms with Crippen LogP contribution in [0.1, 0.15) is 13.2 Å². The Morgan fingerprint density at radius 2 is 2.05 bits per heavy atom. The molecule has 1 aliphatic rings. The molecule has 5 atom stereocenters. The largest absolute Gasteiger partial charge is 0.391 e. The smallest absolute Gasteiger partial charge is 0.167 e. The Morgan fingerprint density at radius 3 is 2.70 bits per heavy atom. The van der Waals surface area contributed by atoms with Crippen LogP contribution in [0.2, 0.25) is 0 Å². The van der Waals surface area contributed by atoms with Gasteiger partial charge >= 0.3 is 0 Å². The van der Waals surface area contributed by atoms with E-state index in [-0.39, 0.29) is 5.82 Å². The average Bonchev–Trinajstić information content (AvgIpc) is 2.94. The van der Waals surface area contributed by atoms with Gasteiger partial charge in [0, 0.05) is 0 Å². The second-order valence-electron chi connectivity index (χ2n) is 4.80. The summed E-state index contributed by atoms with van der Waals surface area (Å²) in [7, 11) is 0. The van der Waals surface area contributed by atoms with Crippen molar-refractivity contribution >= 4 is 17.0 Å². The van der Waals surface area contributed by atoms with Crippen LogP contribution in [-0.2, 0) is 4.74 Å². The van der Waals surface area contributed by atoms with Gasteiger partial charge in [0.2, 0.25) is 0 Å². The summed E-state index contributed by atoms with van der Waals surface area (Å²) in [6.07, 6.45) is -2.42. The van der Waals surface area contributed by atoms with Crippen LogP contribution in [0.5, 0.6) is 0 Å². The molecule has 3 heterocycles. The fourth-order valence-electron chi connectivity index (χ4n) is 2.37. The summed E-state index contributed by atoms with van der Waals surface area (Å²) in [5.41, 5.74) is 6.46. The van der Waals surface area contributed by atoms with Crippen LogP contribution in [0.3, 0.4) is 0 Å². The minimum atomic E-state index is -1.21. The third-order valence-electron chi connectivity index (χ3n) is 3.41. The van der Waals surface area contributed by atoms with E-state index in [1.807, 2.05) is 0 Å². The summed E-state index contributed by atoms with van der Waals surface area (Å²) in [5, 5.41) is 29.5. The van der Waals surface area contributed by atoms with Gasteiger partial charge < -0.3 is 25.8 Å². The number of nitrogen functional groups attached to an aromatic ring is 1. The maximum Gasteiger partial charge on any atom is 0.167 e. The summed E-state index contributed by atoms with van der Waals surface area (Å²) in [6.45, 7) is 1.48. The zero-order valence-electron chi connectivity index (χ0n) is 10.7. The highest BCUT2D eigenvalue weighted by molar-refractivity contribution is 5.81. The Bertz CT molecular complexity index is 630. The van der Waals surface area contributed by atoms with Crippen LogP contribution >= 0.6 is 0 Å². The van der Waals surface area contributed by atoms with Gasteiger partial charge in [-0.05, 0) is 6.92 Å². The highest BCUT2D eigenvalue weighted by Crippen LogP contribution is 2.33. The molecular formula is C11H15N5O4. The molecule has 0 spiro atoms. The van der Waals surface area contributed by atoms with Crippen LogP contribution in [-0.4, -0.2) is 59.3 Å². The lowest BCUT2D eigenvalue weighted by Crippen LogP contribution is -2.37. The summed E-state index contributed by atoms with van der Waals surface area (Å²) in [6, 6.07) is 0. The molecule has 9 nitrogen and oxygen atoms in total. The third kappa shape index (κ3) is 1.83. The van der Waals surface area contributed by atoms with Gasteiger partial charge in [0.05, 0.1) is 12.4 Å². The number of aliphatic hydroxyl groups excluding tert-OH is 3. The molecule has 1 aliphatic heterocycles. The first-order chi connectivity index (χ1) is 9.50. The fraction of sp³-hybridized carbons (Fsp3) is 0.545. The Hall–Kier alpha value is -1.81. The number of anilines is 1. The molecule has 0 saturated carbocycles. The second-order valence-corrected chi connectivity index (χ2v) is 4.80. The number of rotatable bonds is 2. The SMILES string of the molecule is C[C@@H](O)C1O[C@@H](n2cnc3c(N)ncnc32)[C@H](O)[C@@H]1O. The van der Waals surface area contributed by atoms with Crippen LogP contribution in [0.25, 0.3) is 11.2 Å². The topological polar surface area (TPSA) is 140 Å². The summed E-state index contributed by atoms with van der Waals surface area (Å²) in [5.74, 6) is 0.217. The van der Waals surface area contributed by atoms with E-state index in [9.17, 15) is 15.3 Å². The van der Waals surface area contributed by atoms with Crippen molar-refractivity contribution in [2.75, 3.05) is 5.73 Å². The first-order valence-corrected chi connectivity index (χ1v) is 6.13. The molecule has 5 N–H and O–H groups in total. The number of nitrogens with zero attached hydrogens (tertiary/aromatic N) is 4. The van der Waals surface area contributed by atoms with E-state index < -0.39 is 30.6 Å². The molecule has 9 heteroatoms. The molecule has 0 amide bonds. The Balaban J connectivity index is 2.02. The molecule has 1 saturated heterocycles. The molecule has 2 aromatic rings. The van der Waals surface area contributed by atoms with Gasteiger partial charge in [-0.15, -0.1) is 0 Å². The minimum Gasteiger partial charge on any atom is -0.391 e. The van der Waals surface area contributed by atoms with Crippen LogP contribution < -0.4 is 5.73 Å². The van der Waals surface area contributed by atoms with Crippen molar-refractivity contribution in [3.05, 3.63) is 12.7 Å². The van der Waals surface area contributed by atoms with Gasteiger partial charge in [-0.3, -0.25) is 4.57 Å². The quantitative estimate of drug-likeness (QED) is 0.516. The van der Waals surface area contributed by atoms with Crippen molar-refractivity contribution in [2.45, 2.75) is 37.6 Å². The van der Waals surface area contributed by atoms with Crippen molar-refractivity contribution < 1.29 is 20.1 Å². The fourth-order valence-corrected chi connectivity index (χ4v) is 2.37. The number of imidazole rings is 1. The van der Waals surface area contributed by atoms with Crippen molar-refractivity contribution in [1.29, 1.82) is 0 Å². The average molecular weight is 281 g/mol. The van der Waals surface area contributed by atoms with E-state index in [1.165, 1.54) is 24.1 Å². The van der Waals surface area contributed by atoms with E-state index in [0.717, 1.165) is 0 Å². The molecule has 0 aliphatic carbocycles. The second kappa shape index (κ2) is 4.63. The summed E-state index contributed by atoms with van der Waals surface area (Å²) in [4.78, 5) is 11.9. The normalized spacial score (nSPS) is 31.8. The van der Waals surface area contributed by atoms with Crippen LogP contribution in [0, 0.1) is 0 Å². The number of hydrogen-bond donors (Lipinski definition) is 4. The predicted octanol–water partition coefficient (Wildman–Crippen LogP) is -1.59. The van der Waals surface area contributed by atoms with Crippen LogP contribution in [0.15, 0.2) is 12.7 Å². The molecule has 1 fully saturated rings. The number of ether oxygens (including phenoxy) is 1. The molecule has 108 valence electrons. The standard InChI is InChI=1S/C11H15N5O4/c1-4(17)8-6(18)7(19)11(20-8)16-3-15-5-9(12)13-2-14-10(5)16/h2-4,6-8,11,17-19H,1H3,(H2,12,13,14)/t4-,6+,7-,8?,11-/m1/s1. The van der Waals surface area contributed by atoms with Crippen molar-refractivity contribution in [1.82, 2.24) is 19.5 Å². The first-order valence-electron chi connectivity index (χ1n) is 6.13. The monoisotopic (exact) mass is 281 g/mol. The van der Waals surface area contributed by atoms with Crippen LogP contribution in [0.4, 0.5) is 5.82 Å². The molecular weight excluding hydrogens is 266 g/mol. The number of aliphatic hydroxyl groups is 3. The number of hydrogen-bond acceptors (Lipinski definition) is 8. The lowest BCUT2D eigenvalue weighted by molar-refractivity contribution is -0.0777. The Labute approximate surface area is 113 Å². The van der Waals surface area contributed by atoms with Gasteiger partial charge in [-0.2, -0.15) is 0 Å². The summed E-state index contributed by atoms with van der Waals surface area (Å²) < 4.78 is 6.97. The van der Waals surface area contributed by atoms with Gasteiger partial charge in [-0.25, -0.2) is 15.0 Å². The Kier molecular flexibility index (Phi) is 3.05. The van der Waals surface area contributed by atoms with Crippen molar-refractivity contribution in [3.63, 3.8) is 0 Å². The first kappa shape index (κ1) is 13.2. The van der Waals surface area contributed by atoms with E-state index in [0.29, 0.717) is 11.2 Å². The zero-order valence-corrected chi connectivity index (χ0v) is 10.7. The Morgan fingerprint density at radius 1 is 1.30 bits per heavy atom. The van der Waals surface area contributed by atoms with Gasteiger partial charge in [0.25, 0.3) is 0 Å². The van der Waals surface area contributed by atoms with Gasteiger partial charge in [-0.1, -0.05) is 0 Å². The molecule has 20 heavy (non-hydrogen) atoms. The molecule has 0 bridgehead atoms. The van der Waals surface area contributed by atoms with Crippen molar-refractivity contribution in [3.8, 4) is 0 Å². The highest BCUT2D eigenvalue weighted by Gasteiger charge is 2.46. The molecule has 0 aromatic carbocycles. The van der Waals surface area contributed by atoms with Crippen molar-refractivity contribution in [2.24, 2.45) is 0 Å². The van der Waals surface area contributed by atoms with E-state index >= 15 is 0 Å². The lowest BCUT2D eigenvalue weighted by Gasteiger charge is -2.17. The zero-order chi connectivity index (χ0) is 14.4.